The number of aliphatic hydroxyl groups is 1. The molecule has 0 unspecified atom stereocenters. The molecule has 1 saturated heterocycles. The van der Waals surface area contributed by atoms with Crippen molar-refractivity contribution >= 4 is 29.3 Å². The van der Waals surface area contributed by atoms with Gasteiger partial charge in [-0.25, -0.2) is 0 Å². The van der Waals surface area contributed by atoms with Crippen molar-refractivity contribution in [2.75, 3.05) is 43.9 Å². The summed E-state index contributed by atoms with van der Waals surface area (Å²) in [5, 5.41) is 14.9. The van der Waals surface area contributed by atoms with Gasteiger partial charge in [-0.1, -0.05) is 0 Å². The summed E-state index contributed by atoms with van der Waals surface area (Å²) in [5.74, 6) is 1.15. The Kier molecular flexibility index (Phi) is 6.34. The third kappa shape index (κ3) is 4.96. The maximum Gasteiger partial charge on any atom is 0.251 e. The van der Waals surface area contributed by atoms with Crippen LogP contribution in [0.15, 0.2) is 23.1 Å². The Labute approximate surface area is 152 Å². The molecule has 1 fully saturated rings. The number of nitrogens with zero attached hydrogens (tertiary/aromatic N) is 1. The maximum atomic E-state index is 12.4. The minimum absolute atomic E-state index is 0.00144. The molecule has 0 aromatic heterocycles. The lowest BCUT2D eigenvalue weighted by atomic mass is 9.96. The molecule has 1 aromatic carbocycles. The first kappa shape index (κ1) is 18.2. The van der Waals surface area contributed by atoms with Gasteiger partial charge in [0.05, 0.1) is 12.3 Å². The zero-order chi connectivity index (χ0) is 17.6. The van der Waals surface area contributed by atoms with Crippen LogP contribution in [0.25, 0.3) is 0 Å². The van der Waals surface area contributed by atoms with Crippen molar-refractivity contribution in [3.63, 3.8) is 0 Å². The van der Waals surface area contributed by atoms with Gasteiger partial charge >= 0.3 is 0 Å². The summed E-state index contributed by atoms with van der Waals surface area (Å²) in [4.78, 5) is 27.4. The van der Waals surface area contributed by atoms with E-state index < -0.39 is 0 Å². The van der Waals surface area contributed by atoms with Gasteiger partial charge in [-0.05, 0) is 50.0 Å². The van der Waals surface area contributed by atoms with Gasteiger partial charge in [0, 0.05) is 35.7 Å². The highest BCUT2D eigenvalue weighted by Crippen LogP contribution is 2.31. The maximum absolute atomic E-state index is 12.4. The van der Waals surface area contributed by atoms with Gasteiger partial charge in [-0.2, -0.15) is 0 Å². The standard InChI is InChI=1S/C18H25N3O3S/c22-9-8-21-6-3-13(4-7-21)12-19-18(24)14-1-2-16-15(11-14)20-17(23)5-10-25-16/h1-2,11,13,22H,3-10,12H2,(H,19,24)(H,20,23). The summed E-state index contributed by atoms with van der Waals surface area (Å²) in [6.07, 6.45) is 2.57. The molecule has 1 aromatic rings. The van der Waals surface area contributed by atoms with Crippen molar-refractivity contribution in [3.05, 3.63) is 23.8 Å². The second kappa shape index (κ2) is 8.69. The van der Waals surface area contributed by atoms with Crippen molar-refractivity contribution in [3.8, 4) is 0 Å². The number of rotatable bonds is 5. The van der Waals surface area contributed by atoms with Gasteiger partial charge in [-0.3, -0.25) is 9.59 Å². The minimum atomic E-state index is -0.0934. The SMILES string of the molecule is O=C1CCSc2ccc(C(=O)NCC3CCN(CCO)CC3)cc2N1. The van der Waals surface area contributed by atoms with E-state index in [1.807, 2.05) is 12.1 Å². The Morgan fingerprint density at radius 1 is 1.36 bits per heavy atom. The van der Waals surface area contributed by atoms with Crippen LogP contribution in [0, 0.1) is 5.92 Å². The van der Waals surface area contributed by atoms with Crippen molar-refractivity contribution < 1.29 is 14.7 Å². The lowest BCUT2D eigenvalue weighted by Crippen LogP contribution is -2.39. The molecule has 3 rings (SSSR count). The number of β-amino-alcohol motifs (C(OH)–C–C–N with tert-alkyl or cyclic N) is 1. The van der Waals surface area contributed by atoms with Gasteiger partial charge in [0.15, 0.2) is 0 Å². The second-order valence-corrected chi connectivity index (χ2v) is 7.71. The van der Waals surface area contributed by atoms with Crippen molar-refractivity contribution in [2.24, 2.45) is 5.92 Å². The number of piperidine rings is 1. The van der Waals surface area contributed by atoms with E-state index in [1.165, 1.54) is 0 Å². The summed E-state index contributed by atoms with van der Waals surface area (Å²) in [7, 11) is 0. The number of nitrogens with one attached hydrogen (secondary N) is 2. The fourth-order valence-corrected chi connectivity index (χ4v) is 4.19. The lowest BCUT2D eigenvalue weighted by molar-refractivity contribution is -0.115. The molecule has 2 heterocycles. The van der Waals surface area contributed by atoms with Gasteiger partial charge in [0.25, 0.3) is 5.91 Å². The number of amides is 2. The number of carbonyl (C=O) groups excluding carboxylic acids is 2. The third-order valence-corrected chi connectivity index (χ3v) is 5.85. The molecule has 136 valence electrons. The van der Waals surface area contributed by atoms with Crippen LogP contribution >= 0.6 is 11.8 Å². The molecule has 2 aliphatic rings. The van der Waals surface area contributed by atoms with E-state index in [9.17, 15) is 9.59 Å². The Morgan fingerprint density at radius 2 is 2.16 bits per heavy atom. The van der Waals surface area contributed by atoms with Crippen LogP contribution in [0.4, 0.5) is 5.69 Å². The first-order chi connectivity index (χ1) is 12.2. The minimum Gasteiger partial charge on any atom is -0.395 e. The van der Waals surface area contributed by atoms with E-state index in [2.05, 4.69) is 15.5 Å². The average molecular weight is 363 g/mol. The molecule has 6 nitrogen and oxygen atoms in total. The lowest BCUT2D eigenvalue weighted by Gasteiger charge is -2.31. The quantitative estimate of drug-likeness (QED) is 0.740. The average Bonchev–Trinajstić information content (AvgIpc) is 2.81. The van der Waals surface area contributed by atoms with E-state index in [-0.39, 0.29) is 18.4 Å². The normalized spacial score (nSPS) is 19.0. The third-order valence-electron chi connectivity index (χ3n) is 4.78. The molecular formula is C18H25N3O3S. The number of likely N-dealkylation sites (tertiary alicyclic amines) is 1. The summed E-state index contributed by atoms with van der Waals surface area (Å²) in [5.41, 5.74) is 1.32. The number of hydrogen-bond donors (Lipinski definition) is 3. The van der Waals surface area contributed by atoms with E-state index in [0.717, 1.165) is 48.8 Å². The van der Waals surface area contributed by atoms with Crippen molar-refractivity contribution in [1.82, 2.24) is 10.2 Å². The molecule has 25 heavy (non-hydrogen) atoms. The Morgan fingerprint density at radius 3 is 2.92 bits per heavy atom. The van der Waals surface area contributed by atoms with Gasteiger partial charge < -0.3 is 20.6 Å². The Bertz CT molecular complexity index is 630. The van der Waals surface area contributed by atoms with Gasteiger partial charge in [-0.15, -0.1) is 11.8 Å². The number of fused-ring (bicyclic) bond motifs is 1. The molecule has 3 N–H and O–H groups in total. The molecule has 0 radical (unpaired) electrons. The first-order valence-corrected chi connectivity index (χ1v) is 9.82. The zero-order valence-electron chi connectivity index (χ0n) is 14.3. The monoisotopic (exact) mass is 363 g/mol. The van der Waals surface area contributed by atoms with Crippen LogP contribution in [-0.2, 0) is 4.79 Å². The summed E-state index contributed by atoms with van der Waals surface area (Å²) >= 11 is 1.64. The fourth-order valence-electron chi connectivity index (χ4n) is 3.26. The molecule has 2 aliphatic heterocycles. The van der Waals surface area contributed by atoms with Crippen molar-refractivity contribution in [1.29, 1.82) is 0 Å². The van der Waals surface area contributed by atoms with Gasteiger partial charge in [0.1, 0.15) is 0 Å². The first-order valence-electron chi connectivity index (χ1n) is 8.84. The van der Waals surface area contributed by atoms with E-state index >= 15 is 0 Å². The number of anilines is 1. The van der Waals surface area contributed by atoms with Crippen LogP contribution in [-0.4, -0.2) is 60.4 Å². The molecule has 0 atom stereocenters. The van der Waals surface area contributed by atoms with E-state index in [1.54, 1.807) is 17.8 Å². The fraction of sp³-hybridized carbons (Fsp3) is 0.556. The highest BCUT2D eigenvalue weighted by atomic mass is 32.2. The number of aliphatic hydroxyl groups excluding tert-OH is 1. The van der Waals surface area contributed by atoms with Crippen LogP contribution in [0.1, 0.15) is 29.6 Å². The van der Waals surface area contributed by atoms with Gasteiger partial charge in [0.2, 0.25) is 5.91 Å². The molecule has 0 spiro atoms. The van der Waals surface area contributed by atoms with Crippen LogP contribution in [0.5, 0.6) is 0 Å². The van der Waals surface area contributed by atoms with Crippen LogP contribution in [0.3, 0.4) is 0 Å². The smallest absolute Gasteiger partial charge is 0.251 e. The van der Waals surface area contributed by atoms with E-state index in [4.69, 9.17) is 5.11 Å². The predicted octanol–water partition coefficient (Wildman–Crippen LogP) is 1.55. The van der Waals surface area contributed by atoms with Crippen LogP contribution < -0.4 is 10.6 Å². The Hall–Kier alpha value is -1.57. The summed E-state index contributed by atoms with van der Waals surface area (Å²) in [6.45, 7) is 3.56. The topological polar surface area (TPSA) is 81.7 Å². The highest BCUT2D eigenvalue weighted by Gasteiger charge is 2.20. The largest absolute Gasteiger partial charge is 0.395 e. The number of thioether (sulfide) groups is 1. The predicted molar refractivity (Wildman–Crippen MR) is 99.0 cm³/mol. The molecule has 7 heteroatoms. The zero-order valence-corrected chi connectivity index (χ0v) is 15.1. The van der Waals surface area contributed by atoms with E-state index in [0.29, 0.717) is 24.4 Å². The van der Waals surface area contributed by atoms with Crippen molar-refractivity contribution in [2.45, 2.75) is 24.2 Å². The summed E-state index contributed by atoms with van der Waals surface area (Å²) < 4.78 is 0. The molecular weight excluding hydrogens is 338 g/mol. The molecule has 0 bridgehead atoms. The highest BCUT2D eigenvalue weighted by molar-refractivity contribution is 7.99. The number of carbonyl (C=O) groups is 2. The summed E-state index contributed by atoms with van der Waals surface area (Å²) in [6, 6.07) is 5.50. The van der Waals surface area contributed by atoms with Crippen LogP contribution in [0.2, 0.25) is 0 Å². The Balaban J connectivity index is 1.53. The molecule has 0 saturated carbocycles. The second-order valence-electron chi connectivity index (χ2n) is 6.58. The molecule has 0 aliphatic carbocycles. The number of hydrogen-bond acceptors (Lipinski definition) is 5. The number of benzene rings is 1. The molecule has 2 amide bonds.